The van der Waals surface area contributed by atoms with Crippen LogP contribution in [0.2, 0.25) is 0 Å². The normalized spacial score (nSPS) is 11.0. The predicted molar refractivity (Wildman–Crippen MR) is 94.2 cm³/mol. The molecule has 0 amide bonds. The van der Waals surface area contributed by atoms with Gasteiger partial charge in [-0.25, -0.2) is 9.36 Å². The van der Waals surface area contributed by atoms with Gasteiger partial charge in [0.2, 0.25) is 0 Å². The number of aromatic nitrogens is 2. The molecule has 0 atom stereocenters. The van der Waals surface area contributed by atoms with E-state index in [-0.39, 0.29) is 5.56 Å². The second-order valence-electron chi connectivity index (χ2n) is 5.45. The van der Waals surface area contributed by atoms with Gasteiger partial charge in [-0.05, 0) is 23.6 Å². The lowest BCUT2D eigenvalue weighted by Gasteiger charge is -2.14. The van der Waals surface area contributed by atoms with E-state index < -0.39 is 5.69 Å². The molecule has 118 valence electrons. The van der Waals surface area contributed by atoms with Crippen molar-refractivity contribution in [2.75, 3.05) is 7.11 Å². The van der Waals surface area contributed by atoms with Crippen LogP contribution in [0.15, 0.2) is 70.3 Å². The molecular formula is C19H14N2O3. The van der Waals surface area contributed by atoms with Crippen molar-refractivity contribution in [3.63, 3.8) is 0 Å². The number of fused-ring (bicyclic) bond motifs is 2. The third-order valence-corrected chi connectivity index (χ3v) is 4.11. The van der Waals surface area contributed by atoms with Gasteiger partial charge in [0.15, 0.2) is 0 Å². The SMILES string of the molecule is COc1ccc2ccccc2c1-n1c(=O)[nH]c2ccccc2c1=O. The van der Waals surface area contributed by atoms with Crippen molar-refractivity contribution in [3.05, 3.63) is 81.5 Å². The van der Waals surface area contributed by atoms with Crippen molar-refractivity contribution in [3.8, 4) is 11.4 Å². The Kier molecular flexibility index (Phi) is 3.20. The maximum Gasteiger partial charge on any atom is 0.333 e. The summed E-state index contributed by atoms with van der Waals surface area (Å²) in [6.45, 7) is 0. The van der Waals surface area contributed by atoms with Gasteiger partial charge < -0.3 is 9.72 Å². The highest BCUT2D eigenvalue weighted by atomic mass is 16.5. The van der Waals surface area contributed by atoms with E-state index in [1.807, 2.05) is 30.3 Å². The number of para-hydroxylation sites is 1. The van der Waals surface area contributed by atoms with E-state index >= 15 is 0 Å². The maximum absolute atomic E-state index is 12.9. The van der Waals surface area contributed by atoms with Crippen LogP contribution in [0.4, 0.5) is 0 Å². The lowest BCUT2D eigenvalue weighted by molar-refractivity contribution is 0.413. The molecule has 0 aliphatic carbocycles. The lowest BCUT2D eigenvalue weighted by Crippen LogP contribution is -2.34. The molecule has 1 heterocycles. The van der Waals surface area contributed by atoms with Gasteiger partial charge in [0.05, 0.1) is 18.0 Å². The summed E-state index contributed by atoms with van der Waals surface area (Å²) in [7, 11) is 1.52. The van der Waals surface area contributed by atoms with Crippen LogP contribution in [-0.2, 0) is 0 Å². The number of aromatic amines is 1. The first-order chi connectivity index (χ1) is 11.7. The van der Waals surface area contributed by atoms with Gasteiger partial charge in [-0.1, -0.05) is 42.5 Å². The van der Waals surface area contributed by atoms with Crippen LogP contribution in [-0.4, -0.2) is 16.7 Å². The van der Waals surface area contributed by atoms with Crippen LogP contribution in [0, 0.1) is 0 Å². The molecule has 5 heteroatoms. The Morgan fingerprint density at radius 3 is 2.38 bits per heavy atom. The first-order valence-electron chi connectivity index (χ1n) is 7.51. The third kappa shape index (κ3) is 2.02. The Morgan fingerprint density at radius 2 is 1.58 bits per heavy atom. The second-order valence-corrected chi connectivity index (χ2v) is 5.45. The van der Waals surface area contributed by atoms with Crippen molar-refractivity contribution in [2.24, 2.45) is 0 Å². The molecule has 5 nitrogen and oxygen atoms in total. The number of hydrogen-bond donors (Lipinski definition) is 1. The fourth-order valence-electron chi connectivity index (χ4n) is 3.00. The summed E-state index contributed by atoms with van der Waals surface area (Å²) in [5, 5.41) is 2.15. The molecule has 0 fully saturated rings. The molecule has 0 bridgehead atoms. The van der Waals surface area contributed by atoms with Gasteiger partial charge in [-0.15, -0.1) is 0 Å². The molecular weight excluding hydrogens is 304 g/mol. The van der Waals surface area contributed by atoms with E-state index in [1.165, 1.54) is 7.11 Å². The predicted octanol–water partition coefficient (Wildman–Crippen LogP) is 2.84. The standard InChI is InChI=1S/C19H14N2O3/c1-24-16-11-10-12-6-2-3-7-13(12)17(16)21-18(22)14-8-4-5-9-15(14)20-19(21)23/h2-11H,1H3,(H,20,23). The molecule has 24 heavy (non-hydrogen) atoms. The largest absolute Gasteiger partial charge is 0.495 e. The second kappa shape index (κ2) is 5.38. The smallest absolute Gasteiger partial charge is 0.333 e. The number of nitrogens with one attached hydrogen (secondary N) is 1. The molecule has 4 rings (SSSR count). The molecule has 1 aromatic heterocycles. The van der Waals surface area contributed by atoms with Gasteiger partial charge in [0, 0.05) is 5.39 Å². The van der Waals surface area contributed by atoms with Gasteiger partial charge >= 0.3 is 5.69 Å². The molecule has 0 aliphatic heterocycles. The Bertz CT molecular complexity index is 1190. The number of benzene rings is 3. The molecule has 0 unspecified atom stereocenters. The van der Waals surface area contributed by atoms with Crippen LogP contribution >= 0.6 is 0 Å². The molecule has 0 saturated carbocycles. The average molecular weight is 318 g/mol. The number of ether oxygens (including phenoxy) is 1. The molecule has 1 N–H and O–H groups in total. The molecule has 0 radical (unpaired) electrons. The van der Waals surface area contributed by atoms with E-state index in [4.69, 9.17) is 4.74 Å². The summed E-state index contributed by atoms with van der Waals surface area (Å²) in [6, 6.07) is 18.2. The van der Waals surface area contributed by atoms with Crippen LogP contribution in [0.3, 0.4) is 0 Å². The Hall–Kier alpha value is -3.34. The fourth-order valence-corrected chi connectivity index (χ4v) is 3.00. The Morgan fingerprint density at radius 1 is 0.875 bits per heavy atom. The minimum absolute atomic E-state index is 0.371. The molecule has 0 spiro atoms. The number of hydrogen-bond acceptors (Lipinski definition) is 3. The monoisotopic (exact) mass is 318 g/mol. The van der Waals surface area contributed by atoms with E-state index in [1.54, 1.807) is 30.3 Å². The number of H-pyrrole nitrogens is 1. The lowest BCUT2D eigenvalue weighted by atomic mass is 10.1. The van der Waals surface area contributed by atoms with E-state index in [2.05, 4.69) is 4.98 Å². The number of methoxy groups -OCH3 is 1. The Balaban J connectivity index is 2.22. The van der Waals surface area contributed by atoms with E-state index in [9.17, 15) is 9.59 Å². The summed E-state index contributed by atoms with van der Waals surface area (Å²) in [6.07, 6.45) is 0. The highest BCUT2D eigenvalue weighted by molar-refractivity contribution is 5.93. The van der Waals surface area contributed by atoms with Gasteiger partial charge in [0.1, 0.15) is 11.4 Å². The quantitative estimate of drug-likeness (QED) is 0.618. The summed E-state index contributed by atoms with van der Waals surface area (Å²) in [4.78, 5) is 28.3. The average Bonchev–Trinajstić information content (AvgIpc) is 2.61. The zero-order valence-electron chi connectivity index (χ0n) is 12.9. The first-order valence-corrected chi connectivity index (χ1v) is 7.51. The van der Waals surface area contributed by atoms with Crippen molar-refractivity contribution in [2.45, 2.75) is 0 Å². The number of nitrogens with zero attached hydrogens (tertiary/aromatic N) is 1. The van der Waals surface area contributed by atoms with Crippen LogP contribution in [0.5, 0.6) is 5.75 Å². The fraction of sp³-hybridized carbons (Fsp3) is 0.0526. The van der Waals surface area contributed by atoms with E-state index in [0.717, 1.165) is 15.3 Å². The van der Waals surface area contributed by atoms with Crippen molar-refractivity contribution >= 4 is 21.7 Å². The first kappa shape index (κ1) is 14.3. The minimum Gasteiger partial charge on any atom is -0.495 e. The molecule has 3 aromatic carbocycles. The van der Waals surface area contributed by atoms with Crippen molar-refractivity contribution in [1.82, 2.24) is 9.55 Å². The Labute approximate surface area is 136 Å². The highest BCUT2D eigenvalue weighted by Gasteiger charge is 2.16. The molecule has 0 aliphatic rings. The van der Waals surface area contributed by atoms with Crippen molar-refractivity contribution in [1.29, 1.82) is 0 Å². The maximum atomic E-state index is 12.9. The van der Waals surface area contributed by atoms with Crippen molar-refractivity contribution < 1.29 is 4.74 Å². The summed E-state index contributed by atoms with van der Waals surface area (Å²) in [5.74, 6) is 0.469. The van der Waals surface area contributed by atoms with Gasteiger partial charge in [0.25, 0.3) is 5.56 Å². The summed E-state index contributed by atoms with van der Waals surface area (Å²) >= 11 is 0. The van der Waals surface area contributed by atoms with Gasteiger partial charge in [-0.2, -0.15) is 0 Å². The van der Waals surface area contributed by atoms with Crippen LogP contribution < -0.4 is 16.0 Å². The van der Waals surface area contributed by atoms with E-state index in [0.29, 0.717) is 22.3 Å². The summed E-state index contributed by atoms with van der Waals surface area (Å²) in [5.41, 5.74) is 0.105. The highest BCUT2D eigenvalue weighted by Crippen LogP contribution is 2.30. The van der Waals surface area contributed by atoms with Gasteiger partial charge in [-0.3, -0.25) is 4.79 Å². The minimum atomic E-state index is -0.492. The van der Waals surface area contributed by atoms with Crippen LogP contribution in [0.25, 0.3) is 27.4 Å². The number of rotatable bonds is 2. The summed E-state index contributed by atoms with van der Waals surface area (Å²) < 4.78 is 6.56. The topological polar surface area (TPSA) is 64.1 Å². The van der Waals surface area contributed by atoms with Crippen LogP contribution in [0.1, 0.15) is 0 Å². The molecule has 0 saturated heterocycles. The zero-order chi connectivity index (χ0) is 16.7. The third-order valence-electron chi connectivity index (χ3n) is 4.11. The molecule has 4 aromatic rings. The zero-order valence-corrected chi connectivity index (χ0v) is 12.9.